The molecule has 0 heterocycles. The number of nitrogens with zero attached hydrogens (tertiary/aromatic N) is 1. The van der Waals surface area contributed by atoms with Gasteiger partial charge < -0.3 is 10.5 Å². The molecule has 5 nitrogen and oxygen atoms in total. The lowest BCUT2D eigenvalue weighted by Gasteiger charge is -2.34. The maximum atomic E-state index is 12.9. The first kappa shape index (κ1) is 23.8. The van der Waals surface area contributed by atoms with Crippen LogP contribution in [0.25, 0.3) is 0 Å². The SMILES string of the molecule is CCCCCCCC(N)OC1CCC(N(C)S(=O)(=O)c2ccc(Br)cc2)CC1. The Balaban J connectivity index is 1.77. The van der Waals surface area contributed by atoms with Crippen LogP contribution in [0.4, 0.5) is 0 Å². The maximum Gasteiger partial charge on any atom is 0.243 e. The Morgan fingerprint density at radius 2 is 1.71 bits per heavy atom. The van der Waals surface area contributed by atoms with Crippen LogP contribution in [0.15, 0.2) is 33.6 Å². The summed E-state index contributed by atoms with van der Waals surface area (Å²) in [5.41, 5.74) is 6.14. The Morgan fingerprint density at radius 1 is 1.11 bits per heavy atom. The Morgan fingerprint density at radius 3 is 2.32 bits per heavy atom. The number of ether oxygens (including phenoxy) is 1. The lowest BCUT2D eigenvalue weighted by molar-refractivity contribution is -0.0376. The lowest BCUT2D eigenvalue weighted by Crippen LogP contribution is -2.41. The molecule has 1 atom stereocenters. The first-order valence-corrected chi connectivity index (χ1v) is 12.7. The molecule has 1 fully saturated rings. The Kier molecular flexibility index (Phi) is 9.90. The molecule has 1 aliphatic rings. The topological polar surface area (TPSA) is 72.6 Å². The van der Waals surface area contributed by atoms with Crippen molar-refractivity contribution in [3.05, 3.63) is 28.7 Å². The van der Waals surface area contributed by atoms with Gasteiger partial charge in [0.05, 0.1) is 11.0 Å². The summed E-state index contributed by atoms with van der Waals surface area (Å²) >= 11 is 3.35. The summed E-state index contributed by atoms with van der Waals surface area (Å²) in [7, 11) is -1.78. The summed E-state index contributed by atoms with van der Waals surface area (Å²) in [4.78, 5) is 0.335. The smallest absolute Gasteiger partial charge is 0.243 e. The highest BCUT2D eigenvalue weighted by Crippen LogP contribution is 2.29. The van der Waals surface area contributed by atoms with Crippen LogP contribution in [-0.4, -0.2) is 38.1 Å². The van der Waals surface area contributed by atoms with E-state index in [9.17, 15) is 8.42 Å². The largest absolute Gasteiger partial charge is 0.360 e. The van der Waals surface area contributed by atoms with Gasteiger partial charge in [-0.1, -0.05) is 48.5 Å². The number of halogens is 1. The predicted molar refractivity (Wildman–Crippen MR) is 118 cm³/mol. The monoisotopic (exact) mass is 474 g/mol. The van der Waals surface area contributed by atoms with Crippen molar-refractivity contribution in [2.75, 3.05) is 7.05 Å². The highest BCUT2D eigenvalue weighted by molar-refractivity contribution is 9.10. The molecular formula is C21H35BrN2O3S. The fraction of sp³-hybridized carbons (Fsp3) is 0.714. The fourth-order valence-electron chi connectivity index (χ4n) is 3.78. The summed E-state index contributed by atoms with van der Waals surface area (Å²) in [6.45, 7) is 2.22. The van der Waals surface area contributed by atoms with Crippen LogP contribution in [0.3, 0.4) is 0 Å². The van der Waals surface area contributed by atoms with Crippen molar-refractivity contribution in [2.24, 2.45) is 5.73 Å². The number of hydrogen-bond donors (Lipinski definition) is 1. The van der Waals surface area contributed by atoms with E-state index in [4.69, 9.17) is 10.5 Å². The van der Waals surface area contributed by atoms with Gasteiger partial charge in [-0.2, -0.15) is 4.31 Å². The molecule has 0 aliphatic heterocycles. The summed E-state index contributed by atoms with van der Waals surface area (Å²) in [6.07, 6.45) is 10.3. The zero-order valence-corrected chi connectivity index (χ0v) is 19.6. The Labute approximate surface area is 179 Å². The maximum absolute atomic E-state index is 12.9. The average Bonchev–Trinajstić information content (AvgIpc) is 2.68. The third kappa shape index (κ3) is 7.10. The third-order valence-corrected chi connectivity index (χ3v) is 8.06. The summed E-state index contributed by atoms with van der Waals surface area (Å²) < 4.78 is 34.1. The van der Waals surface area contributed by atoms with Gasteiger partial charge in [0.25, 0.3) is 0 Å². The highest BCUT2D eigenvalue weighted by Gasteiger charge is 2.32. The standard InChI is InChI=1S/C21H35BrN2O3S/c1-3-4-5-6-7-8-21(23)27-19-13-11-18(12-14-19)24(2)28(25,26)20-15-9-17(22)10-16-20/h9-10,15-16,18-19,21H,3-8,11-14,23H2,1-2H3. The molecule has 0 radical (unpaired) electrons. The predicted octanol–water partition coefficient (Wildman–Crippen LogP) is 5.04. The van der Waals surface area contributed by atoms with Crippen molar-refractivity contribution < 1.29 is 13.2 Å². The van der Waals surface area contributed by atoms with Gasteiger partial charge in [0.1, 0.15) is 6.23 Å². The molecule has 0 bridgehead atoms. The molecule has 0 saturated heterocycles. The zero-order valence-electron chi connectivity index (χ0n) is 17.1. The molecular weight excluding hydrogens is 440 g/mol. The average molecular weight is 475 g/mol. The Hall–Kier alpha value is -0.470. The molecule has 2 rings (SSSR count). The molecule has 1 unspecified atom stereocenters. The number of unbranched alkanes of at least 4 members (excludes halogenated alkanes) is 4. The normalized spacial score (nSPS) is 21.8. The summed E-state index contributed by atoms with van der Waals surface area (Å²) in [5.74, 6) is 0. The van der Waals surface area contributed by atoms with Gasteiger partial charge in [0, 0.05) is 17.6 Å². The van der Waals surface area contributed by atoms with E-state index in [0.29, 0.717) is 4.90 Å². The minimum Gasteiger partial charge on any atom is -0.360 e. The molecule has 1 aromatic rings. The van der Waals surface area contributed by atoms with Crippen LogP contribution in [0.1, 0.15) is 71.1 Å². The van der Waals surface area contributed by atoms with Crippen molar-refractivity contribution in [2.45, 2.75) is 94.4 Å². The van der Waals surface area contributed by atoms with Crippen LogP contribution in [0.5, 0.6) is 0 Å². The van der Waals surface area contributed by atoms with Crippen molar-refractivity contribution in [3.63, 3.8) is 0 Å². The summed E-state index contributed by atoms with van der Waals surface area (Å²) in [6, 6.07) is 6.82. The van der Waals surface area contributed by atoms with Gasteiger partial charge in [0.15, 0.2) is 0 Å². The van der Waals surface area contributed by atoms with Crippen LogP contribution in [-0.2, 0) is 14.8 Å². The molecule has 1 aromatic carbocycles. The molecule has 28 heavy (non-hydrogen) atoms. The molecule has 1 aliphatic carbocycles. The molecule has 0 amide bonds. The number of hydrogen-bond acceptors (Lipinski definition) is 4. The van der Waals surface area contributed by atoms with Gasteiger partial charge in [-0.05, 0) is 62.8 Å². The van der Waals surface area contributed by atoms with Crippen LogP contribution in [0.2, 0.25) is 0 Å². The quantitative estimate of drug-likeness (QED) is 0.359. The lowest BCUT2D eigenvalue weighted by atomic mass is 9.93. The first-order chi connectivity index (χ1) is 13.3. The second kappa shape index (κ2) is 11.6. The fourth-order valence-corrected chi connectivity index (χ4v) is 5.46. The second-order valence-electron chi connectivity index (χ2n) is 7.78. The van der Waals surface area contributed by atoms with Gasteiger partial charge in [0.2, 0.25) is 10.0 Å². The van der Waals surface area contributed by atoms with Crippen LogP contribution in [0, 0.1) is 0 Å². The molecule has 0 aromatic heterocycles. The van der Waals surface area contributed by atoms with Crippen molar-refractivity contribution in [1.29, 1.82) is 0 Å². The first-order valence-electron chi connectivity index (χ1n) is 10.5. The van der Waals surface area contributed by atoms with Crippen molar-refractivity contribution in [3.8, 4) is 0 Å². The van der Waals surface area contributed by atoms with Gasteiger partial charge >= 0.3 is 0 Å². The van der Waals surface area contributed by atoms with E-state index in [1.807, 2.05) is 0 Å². The molecule has 0 spiro atoms. The molecule has 1 saturated carbocycles. The minimum absolute atomic E-state index is 0.0127. The van der Waals surface area contributed by atoms with E-state index in [2.05, 4.69) is 22.9 Å². The van der Waals surface area contributed by atoms with Gasteiger partial charge in [-0.15, -0.1) is 0 Å². The number of rotatable bonds is 11. The van der Waals surface area contributed by atoms with Crippen molar-refractivity contribution >= 4 is 26.0 Å². The zero-order chi connectivity index (χ0) is 20.6. The van der Waals surface area contributed by atoms with Gasteiger partial charge in [-0.3, -0.25) is 0 Å². The van der Waals surface area contributed by atoms with E-state index in [-0.39, 0.29) is 18.4 Å². The minimum atomic E-state index is -3.47. The number of benzene rings is 1. The van der Waals surface area contributed by atoms with E-state index in [1.165, 1.54) is 30.0 Å². The Bertz CT molecular complexity index is 673. The summed E-state index contributed by atoms with van der Waals surface area (Å²) in [5, 5.41) is 0. The highest BCUT2D eigenvalue weighted by atomic mass is 79.9. The van der Waals surface area contributed by atoms with Gasteiger partial charge in [-0.25, -0.2) is 8.42 Å². The van der Waals surface area contributed by atoms with E-state index in [1.54, 1.807) is 31.3 Å². The van der Waals surface area contributed by atoms with E-state index >= 15 is 0 Å². The van der Waals surface area contributed by atoms with Crippen LogP contribution >= 0.6 is 15.9 Å². The molecule has 160 valence electrons. The number of nitrogens with two attached hydrogens (primary N) is 1. The molecule has 7 heteroatoms. The van der Waals surface area contributed by atoms with E-state index < -0.39 is 10.0 Å². The molecule has 2 N–H and O–H groups in total. The third-order valence-electron chi connectivity index (χ3n) is 5.61. The second-order valence-corrected chi connectivity index (χ2v) is 10.7. The van der Waals surface area contributed by atoms with Crippen LogP contribution < -0.4 is 5.73 Å². The van der Waals surface area contributed by atoms with E-state index in [0.717, 1.165) is 43.0 Å². The number of sulfonamides is 1. The van der Waals surface area contributed by atoms with Crippen molar-refractivity contribution in [1.82, 2.24) is 4.31 Å².